The molecule has 3 aromatic rings. The molecule has 0 atom stereocenters. The van der Waals surface area contributed by atoms with Crippen LogP contribution in [0.15, 0.2) is 22.7 Å². The number of rotatable bonds is 2. The topological polar surface area (TPSA) is 64.9 Å². The Hall–Kier alpha value is -1.92. The first-order chi connectivity index (χ1) is 9.99. The van der Waals surface area contributed by atoms with Crippen molar-refractivity contribution in [3.63, 3.8) is 0 Å². The number of hydrogen-bond acceptors (Lipinski definition) is 5. The lowest BCUT2D eigenvalue weighted by Gasteiger charge is -2.05. The van der Waals surface area contributed by atoms with Crippen molar-refractivity contribution in [1.29, 1.82) is 0 Å². The first-order valence-electron chi connectivity index (χ1n) is 6.13. The van der Waals surface area contributed by atoms with Gasteiger partial charge < -0.3 is 10.3 Å². The summed E-state index contributed by atoms with van der Waals surface area (Å²) in [5.41, 5.74) is 7.20. The fourth-order valence-electron chi connectivity index (χ4n) is 2.18. The summed E-state index contributed by atoms with van der Waals surface area (Å²) in [6.45, 7) is 3.74. The summed E-state index contributed by atoms with van der Waals surface area (Å²) in [5.74, 6) is 0.0163. The molecule has 2 aromatic heterocycles. The molecule has 1 aromatic carbocycles. The Labute approximate surface area is 129 Å². The SMILES string of the molecule is Cc1nc(C)c(-c2onc(N)c2-c2c(F)cccc2Cl)s1. The van der Waals surface area contributed by atoms with E-state index in [2.05, 4.69) is 10.1 Å². The van der Waals surface area contributed by atoms with Crippen LogP contribution in [0.25, 0.3) is 21.8 Å². The largest absolute Gasteiger partial charge is 0.380 e. The van der Waals surface area contributed by atoms with Crippen LogP contribution in [-0.4, -0.2) is 10.1 Å². The number of benzene rings is 1. The van der Waals surface area contributed by atoms with Gasteiger partial charge in [-0.3, -0.25) is 0 Å². The maximum Gasteiger partial charge on any atom is 0.188 e. The number of halogens is 2. The van der Waals surface area contributed by atoms with Crippen LogP contribution < -0.4 is 5.73 Å². The molecular formula is C14H11ClFN3OS. The number of nitrogens with two attached hydrogens (primary N) is 1. The van der Waals surface area contributed by atoms with Gasteiger partial charge in [0.15, 0.2) is 11.6 Å². The lowest BCUT2D eigenvalue weighted by molar-refractivity contribution is 0.436. The van der Waals surface area contributed by atoms with Gasteiger partial charge in [0.2, 0.25) is 0 Å². The van der Waals surface area contributed by atoms with Crippen LogP contribution in [0.2, 0.25) is 5.02 Å². The van der Waals surface area contributed by atoms with Crippen LogP contribution in [-0.2, 0) is 0 Å². The molecule has 0 amide bonds. The molecular weight excluding hydrogens is 313 g/mol. The molecule has 0 saturated carbocycles. The molecule has 0 aliphatic heterocycles. The van der Waals surface area contributed by atoms with E-state index in [0.717, 1.165) is 15.6 Å². The molecule has 0 aliphatic carbocycles. The van der Waals surface area contributed by atoms with Crippen molar-refractivity contribution < 1.29 is 8.91 Å². The molecule has 7 heteroatoms. The molecule has 21 heavy (non-hydrogen) atoms. The number of anilines is 1. The fourth-order valence-corrected chi connectivity index (χ4v) is 3.34. The highest BCUT2D eigenvalue weighted by molar-refractivity contribution is 7.15. The second-order valence-corrected chi connectivity index (χ2v) is 6.13. The average Bonchev–Trinajstić information content (AvgIpc) is 2.93. The molecule has 0 spiro atoms. The van der Waals surface area contributed by atoms with E-state index in [-0.39, 0.29) is 16.4 Å². The average molecular weight is 324 g/mol. The molecule has 0 fully saturated rings. The zero-order valence-corrected chi connectivity index (χ0v) is 12.8. The number of nitrogen functional groups attached to an aromatic ring is 1. The fraction of sp³-hybridized carbons (Fsp3) is 0.143. The minimum Gasteiger partial charge on any atom is -0.380 e. The van der Waals surface area contributed by atoms with E-state index in [9.17, 15) is 4.39 Å². The zero-order chi connectivity index (χ0) is 15.1. The maximum atomic E-state index is 14.2. The quantitative estimate of drug-likeness (QED) is 0.756. The Morgan fingerprint density at radius 3 is 2.67 bits per heavy atom. The Morgan fingerprint density at radius 2 is 2.05 bits per heavy atom. The third-order valence-corrected chi connectivity index (χ3v) is 4.43. The first-order valence-corrected chi connectivity index (χ1v) is 7.32. The molecule has 0 bridgehead atoms. The summed E-state index contributed by atoms with van der Waals surface area (Å²) >= 11 is 7.56. The lowest BCUT2D eigenvalue weighted by atomic mass is 10.0. The summed E-state index contributed by atoms with van der Waals surface area (Å²) in [6, 6.07) is 4.45. The predicted octanol–water partition coefficient (Wildman–Crippen LogP) is 4.46. The van der Waals surface area contributed by atoms with Crippen LogP contribution in [0.4, 0.5) is 10.2 Å². The Kier molecular flexibility index (Phi) is 3.43. The van der Waals surface area contributed by atoms with E-state index in [1.54, 1.807) is 6.07 Å². The van der Waals surface area contributed by atoms with E-state index >= 15 is 0 Å². The molecule has 108 valence electrons. The van der Waals surface area contributed by atoms with Crippen molar-refractivity contribution in [2.45, 2.75) is 13.8 Å². The van der Waals surface area contributed by atoms with Gasteiger partial charge in [0, 0.05) is 5.56 Å². The Morgan fingerprint density at radius 1 is 1.29 bits per heavy atom. The van der Waals surface area contributed by atoms with Crippen LogP contribution in [0.5, 0.6) is 0 Å². The van der Waals surface area contributed by atoms with E-state index in [0.29, 0.717) is 11.3 Å². The third-order valence-electron chi connectivity index (χ3n) is 3.04. The highest BCUT2D eigenvalue weighted by Crippen LogP contribution is 2.43. The molecule has 2 N–H and O–H groups in total. The van der Waals surface area contributed by atoms with Gasteiger partial charge in [0.1, 0.15) is 5.82 Å². The van der Waals surface area contributed by atoms with Gasteiger partial charge in [-0.25, -0.2) is 9.37 Å². The minimum atomic E-state index is -0.474. The molecule has 3 rings (SSSR count). The smallest absolute Gasteiger partial charge is 0.188 e. The number of thiazole rings is 1. The van der Waals surface area contributed by atoms with Crippen molar-refractivity contribution >= 4 is 28.8 Å². The van der Waals surface area contributed by atoms with E-state index in [1.165, 1.54) is 23.5 Å². The zero-order valence-electron chi connectivity index (χ0n) is 11.3. The summed E-state index contributed by atoms with van der Waals surface area (Å²) in [5, 5.41) is 4.89. The lowest BCUT2D eigenvalue weighted by Crippen LogP contribution is -1.92. The van der Waals surface area contributed by atoms with Gasteiger partial charge in [0.05, 0.1) is 26.2 Å². The standard InChI is InChI=1S/C14H11ClFN3OS/c1-6-13(21-7(2)18-6)12-11(14(17)19-20-12)10-8(15)4-3-5-9(10)16/h3-5H,1-2H3,(H2,17,19). The number of hydrogen-bond donors (Lipinski definition) is 1. The summed E-state index contributed by atoms with van der Waals surface area (Å²) in [7, 11) is 0. The van der Waals surface area contributed by atoms with E-state index in [4.69, 9.17) is 21.9 Å². The molecule has 0 saturated heterocycles. The number of nitrogens with zero attached hydrogens (tertiary/aromatic N) is 2. The van der Waals surface area contributed by atoms with Gasteiger partial charge in [-0.2, -0.15) is 0 Å². The summed E-state index contributed by atoms with van der Waals surface area (Å²) in [4.78, 5) is 5.11. The molecule has 4 nitrogen and oxygen atoms in total. The summed E-state index contributed by atoms with van der Waals surface area (Å²) < 4.78 is 19.5. The van der Waals surface area contributed by atoms with Gasteiger partial charge >= 0.3 is 0 Å². The molecule has 0 aliphatic rings. The van der Waals surface area contributed by atoms with Crippen molar-refractivity contribution in [2.24, 2.45) is 0 Å². The molecule has 2 heterocycles. The van der Waals surface area contributed by atoms with E-state index in [1.807, 2.05) is 13.8 Å². The first kappa shape index (κ1) is 14.0. The second-order valence-electron chi connectivity index (χ2n) is 4.52. The van der Waals surface area contributed by atoms with Crippen molar-refractivity contribution in [2.75, 3.05) is 5.73 Å². The van der Waals surface area contributed by atoms with Gasteiger partial charge in [-0.1, -0.05) is 22.8 Å². The van der Waals surface area contributed by atoms with Crippen molar-refractivity contribution in [3.8, 4) is 21.8 Å². The van der Waals surface area contributed by atoms with Gasteiger partial charge in [-0.05, 0) is 26.0 Å². The normalized spacial score (nSPS) is 11.0. The van der Waals surface area contributed by atoms with Gasteiger partial charge in [-0.15, -0.1) is 11.3 Å². The second kappa shape index (κ2) is 5.13. The van der Waals surface area contributed by atoms with Crippen molar-refractivity contribution in [3.05, 3.63) is 39.7 Å². The molecule has 0 unspecified atom stereocenters. The van der Waals surface area contributed by atoms with E-state index < -0.39 is 5.82 Å². The Bertz CT molecular complexity index is 807. The predicted molar refractivity (Wildman–Crippen MR) is 81.9 cm³/mol. The number of aryl methyl sites for hydroxylation is 2. The molecule has 0 radical (unpaired) electrons. The van der Waals surface area contributed by atoms with Crippen molar-refractivity contribution in [1.82, 2.24) is 10.1 Å². The van der Waals surface area contributed by atoms with Crippen LogP contribution in [0.3, 0.4) is 0 Å². The minimum absolute atomic E-state index is 0.0995. The Balaban J connectivity index is 2.30. The highest BCUT2D eigenvalue weighted by atomic mass is 35.5. The third kappa shape index (κ3) is 2.30. The van der Waals surface area contributed by atoms with Crippen LogP contribution in [0.1, 0.15) is 10.7 Å². The number of aromatic nitrogens is 2. The van der Waals surface area contributed by atoms with Gasteiger partial charge in [0.25, 0.3) is 0 Å². The monoisotopic (exact) mass is 323 g/mol. The highest BCUT2D eigenvalue weighted by Gasteiger charge is 2.25. The van der Waals surface area contributed by atoms with Crippen LogP contribution >= 0.6 is 22.9 Å². The summed E-state index contributed by atoms with van der Waals surface area (Å²) in [6.07, 6.45) is 0. The van der Waals surface area contributed by atoms with Crippen LogP contribution in [0, 0.1) is 19.7 Å². The maximum absolute atomic E-state index is 14.2.